The molecule has 0 fully saturated rings. The third-order valence-electron chi connectivity index (χ3n) is 2.53. The molecule has 0 aromatic rings. The van der Waals surface area contributed by atoms with E-state index in [1.807, 2.05) is 0 Å². The molecule has 1 heteroatoms. The Kier molecular flexibility index (Phi) is 7.11. The molecule has 0 heterocycles. The van der Waals surface area contributed by atoms with E-state index >= 15 is 0 Å². The molecule has 0 aliphatic rings. The number of rotatable bonds is 7. The molecule has 0 saturated carbocycles. The van der Waals surface area contributed by atoms with Gasteiger partial charge in [0.2, 0.25) is 0 Å². The second kappa shape index (κ2) is 6.87. The van der Waals surface area contributed by atoms with Gasteiger partial charge in [-0.1, -0.05) is 63.4 Å². The zero-order chi connectivity index (χ0) is 11.2. The number of unbranched alkanes of at least 4 members (excludes halogenated alkanes) is 1. The summed E-state index contributed by atoms with van der Waals surface area (Å²) < 4.78 is 0.408. The van der Waals surface area contributed by atoms with E-state index in [9.17, 15) is 0 Å². The predicted molar refractivity (Wildman–Crippen MR) is 70.1 cm³/mol. The van der Waals surface area contributed by atoms with Crippen LogP contribution in [0.3, 0.4) is 0 Å². The highest BCUT2D eigenvalue weighted by Crippen LogP contribution is 2.37. The van der Waals surface area contributed by atoms with Gasteiger partial charge in [-0.25, -0.2) is 0 Å². The number of hydrogen-bond donors (Lipinski definition) is 0. The lowest BCUT2D eigenvalue weighted by Gasteiger charge is -2.31. The van der Waals surface area contributed by atoms with E-state index in [2.05, 4.69) is 50.5 Å². The first-order valence-corrected chi connectivity index (χ1v) is 6.88. The maximum Gasteiger partial charge on any atom is 0.0262 e. The summed E-state index contributed by atoms with van der Waals surface area (Å²) in [5, 5.41) is 0. The maximum atomic E-state index is 3.99. The highest BCUT2D eigenvalue weighted by molar-refractivity contribution is 9.10. The van der Waals surface area contributed by atoms with E-state index in [-0.39, 0.29) is 0 Å². The van der Waals surface area contributed by atoms with Crippen LogP contribution in [0.2, 0.25) is 0 Å². The molecule has 0 atom stereocenters. The normalized spacial score (nSPS) is 12.9. The van der Waals surface area contributed by atoms with Gasteiger partial charge in [0.05, 0.1) is 0 Å². The largest absolute Gasteiger partial charge is 0.0853 e. The van der Waals surface area contributed by atoms with E-state index in [0.29, 0.717) is 4.32 Å². The van der Waals surface area contributed by atoms with Crippen molar-refractivity contribution in [1.82, 2.24) is 0 Å². The van der Waals surface area contributed by atoms with E-state index < -0.39 is 0 Å². The molecule has 0 aliphatic heterocycles. The molecule has 0 spiro atoms. The van der Waals surface area contributed by atoms with Gasteiger partial charge in [0, 0.05) is 4.32 Å². The summed E-state index contributed by atoms with van der Waals surface area (Å²) in [6.45, 7) is 11.6. The minimum absolute atomic E-state index is 0.408. The second-order valence-corrected chi connectivity index (χ2v) is 7.13. The van der Waals surface area contributed by atoms with E-state index in [0.717, 1.165) is 11.8 Å². The van der Waals surface area contributed by atoms with Crippen LogP contribution in [-0.4, -0.2) is 4.32 Å². The lowest BCUT2D eigenvalue weighted by molar-refractivity contribution is 0.363. The topological polar surface area (TPSA) is 0 Å². The summed E-state index contributed by atoms with van der Waals surface area (Å²) >= 11 is 3.99. The van der Waals surface area contributed by atoms with Gasteiger partial charge in [-0.2, -0.15) is 0 Å². The fraction of sp³-hybridized carbons (Fsp3) is 1.00. The molecule has 0 nitrogen and oxygen atoms in total. The average Bonchev–Trinajstić information content (AvgIpc) is 1.97. The molecule has 0 saturated heterocycles. The van der Waals surface area contributed by atoms with Gasteiger partial charge in [0.1, 0.15) is 0 Å². The quantitative estimate of drug-likeness (QED) is 0.539. The van der Waals surface area contributed by atoms with Crippen LogP contribution in [0.4, 0.5) is 0 Å². The van der Waals surface area contributed by atoms with Crippen LogP contribution >= 0.6 is 15.9 Å². The number of hydrogen-bond acceptors (Lipinski definition) is 0. The molecule has 0 N–H and O–H groups in total. The van der Waals surface area contributed by atoms with Crippen LogP contribution in [0.15, 0.2) is 0 Å². The fourth-order valence-corrected chi connectivity index (χ4v) is 3.82. The average molecular weight is 263 g/mol. The first-order chi connectivity index (χ1) is 6.39. The molecule has 86 valence electrons. The molecule has 0 rings (SSSR count). The van der Waals surface area contributed by atoms with Gasteiger partial charge in [-0.05, 0) is 31.1 Å². The van der Waals surface area contributed by atoms with Crippen molar-refractivity contribution in [3.63, 3.8) is 0 Å². The Morgan fingerprint density at radius 3 is 1.71 bits per heavy atom. The molecule has 0 aliphatic carbocycles. The van der Waals surface area contributed by atoms with Crippen LogP contribution < -0.4 is 0 Å². The Morgan fingerprint density at radius 1 is 1.00 bits per heavy atom. The molecule has 0 radical (unpaired) electrons. The van der Waals surface area contributed by atoms with Crippen molar-refractivity contribution in [2.45, 2.75) is 71.0 Å². The Balaban J connectivity index is 4.17. The van der Waals surface area contributed by atoms with Gasteiger partial charge < -0.3 is 0 Å². The Bertz CT molecular complexity index is 128. The highest BCUT2D eigenvalue weighted by atomic mass is 79.9. The molecular weight excluding hydrogens is 236 g/mol. The molecule has 0 unspecified atom stereocenters. The van der Waals surface area contributed by atoms with Crippen LogP contribution in [-0.2, 0) is 0 Å². The van der Waals surface area contributed by atoms with Gasteiger partial charge in [-0.3, -0.25) is 0 Å². The smallest absolute Gasteiger partial charge is 0.0262 e. The van der Waals surface area contributed by atoms with Gasteiger partial charge >= 0.3 is 0 Å². The summed E-state index contributed by atoms with van der Waals surface area (Å²) in [7, 11) is 0. The van der Waals surface area contributed by atoms with Crippen LogP contribution in [0.25, 0.3) is 0 Å². The van der Waals surface area contributed by atoms with Crippen molar-refractivity contribution < 1.29 is 0 Å². The zero-order valence-electron chi connectivity index (χ0n) is 10.6. The minimum Gasteiger partial charge on any atom is -0.0853 e. The number of halogens is 1. The van der Waals surface area contributed by atoms with Crippen LogP contribution in [0, 0.1) is 11.8 Å². The lowest BCUT2D eigenvalue weighted by Crippen LogP contribution is -2.25. The summed E-state index contributed by atoms with van der Waals surface area (Å²) in [6, 6.07) is 0. The van der Waals surface area contributed by atoms with E-state index in [4.69, 9.17) is 0 Å². The molecule has 0 bridgehead atoms. The minimum atomic E-state index is 0.408. The first-order valence-electron chi connectivity index (χ1n) is 6.08. The molecule has 14 heavy (non-hydrogen) atoms. The van der Waals surface area contributed by atoms with Crippen molar-refractivity contribution >= 4 is 15.9 Å². The van der Waals surface area contributed by atoms with Gasteiger partial charge in [0.25, 0.3) is 0 Å². The van der Waals surface area contributed by atoms with Crippen molar-refractivity contribution in [2.24, 2.45) is 11.8 Å². The summed E-state index contributed by atoms with van der Waals surface area (Å²) in [5.74, 6) is 1.59. The number of alkyl halides is 1. The molecule has 0 aromatic carbocycles. The zero-order valence-corrected chi connectivity index (χ0v) is 12.2. The second-order valence-electron chi connectivity index (χ2n) is 5.45. The fourth-order valence-electron chi connectivity index (χ4n) is 2.24. The third-order valence-corrected chi connectivity index (χ3v) is 3.57. The van der Waals surface area contributed by atoms with E-state index in [1.54, 1.807) is 0 Å². The van der Waals surface area contributed by atoms with E-state index in [1.165, 1.54) is 32.1 Å². The van der Waals surface area contributed by atoms with Crippen molar-refractivity contribution in [2.75, 3.05) is 0 Å². The van der Waals surface area contributed by atoms with Crippen molar-refractivity contribution in [3.05, 3.63) is 0 Å². The maximum absolute atomic E-state index is 3.99. The van der Waals surface area contributed by atoms with Crippen LogP contribution in [0.1, 0.15) is 66.7 Å². The Labute approximate surface area is 99.0 Å². The monoisotopic (exact) mass is 262 g/mol. The lowest BCUT2D eigenvalue weighted by atomic mass is 9.85. The summed E-state index contributed by atoms with van der Waals surface area (Å²) in [4.78, 5) is 0. The van der Waals surface area contributed by atoms with Gasteiger partial charge in [-0.15, -0.1) is 0 Å². The SMILES string of the molecule is CCCCC(Br)(CC(C)C)CC(C)C. The summed E-state index contributed by atoms with van der Waals surface area (Å²) in [6.07, 6.45) is 6.62. The summed E-state index contributed by atoms with van der Waals surface area (Å²) in [5.41, 5.74) is 0. The van der Waals surface area contributed by atoms with Crippen LogP contribution in [0.5, 0.6) is 0 Å². The van der Waals surface area contributed by atoms with Gasteiger partial charge in [0.15, 0.2) is 0 Å². The highest BCUT2D eigenvalue weighted by Gasteiger charge is 2.27. The predicted octanol–water partition coefficient (Wildman–Crippen LogP) is 5.40. The van der Waals surface area contributed by atoms with Crippen molar-refractivity contribution in [3.8, 4) is 0 Å². The Hall–Kier alpha value is 0.480. The molecular formula is C13H27Br. The molecule has 0 aromatic heterocycles. The van der Waals surface area contributed by atoms with Crippen molar-refractivity contribution in [1.29, 1.82) is 0 Å². The third kappa shape index (κ3) is 6.86. The molecule has 0 amide bonds. The standard InChI is InChI=1S/C13H27Br/c1-6-7-8-13(14,9-11(2)3)10-12(4)5/h11-12H,6-10H2,1-5H3. The Morgan fingerprint density at radius 2 is 1.43 bits per heavy atom. The first kappa shape index (κ1) is 14.5.